The molecule has 0 aromatic heterocycles. The smallest absolute Gasteiger partial charge is 0.390 e. The molecule has 0 heterocycles. The van der Waals surface area contributed by atoms with E-state index in [0.29, 0.717) is 0 Å². The van der Waals surface area contributed by atoms with Gasteiger partial charge < -0.3 is 8.85 Å². The van der Waals surface area contributed by atoms with Crippen molar-refractivity contribution in [3.63, 3.8) is 0 Å². The quantitative estimate of drug-likeness (QED) is 0.259. The molecule has 0 saturated carbocycles. The molecule has 0 spiro atoms. The normalized spacial score (nSPS) is 11.8. The minimum Gasteiger partial charge on any atom is -0.390 e. The Hall–Kier alpha value is -0.123. The Morgan fingerprint density at radius 2 is 1.19 bits per heavy atom. The molecule has 125 valence electrons. The number of unbranched alkanes of at least 4 members (excludes halogenated alkanes) is 8. The fraction of sp³-hybridized carbons (Fsp3) is 0.889. The van der Waals surface area contributed by atoms with E-state index in [-0.39, 0.29) is 0 Å². The largest absolute Gasteiger partial charge is 0.415 e. The number of hydrogen-bond donors (Lipinski definition) is 0. The Balaban J connectivity index is 3.51. The Morgan fingerprint density at radius 3 is 1.71 bits per heavy atom. The molecule has 21 heavy (non-hydrogen) atoms. The van der Waals surface area contributed by atoms with Crippen LogP contribution in [-0.4, -0.2) is 22.5 Å². The fourth-order valence-corrected chi connectivity index (χ4v) is 3.56. The van der Waals surface area contributed by atoms with Crippen LogP contribution in [0.2, 0.25) is 0 Å². The second kappa shape index (κ2) is 17.9. The van der Waals surface area contributed by atoms with Crippen molar-refractivity contribution in [2.75, 3.05) is 13.2 Å². The first-order chi connectivity index (χ1) is 10.3. The molecule has 2 nitrogen and oxygen atoms in total. The van der Waals surface area contributed by atoms with Gasteiger partial charge in [0, 0.05) is 13.2 Å². The highest BCUT2D eigenvalue weighted by molar-refractivity contribution is 6.50. The van der Waals surface area contributed by atoms with Crippen LogP contribution in [0, 0.1) is 0 Å². The van der Waals surface area contributed by atoms with Crippen molar-refractivity contribution < 1.29 is 8.85 Å². The molecule has 0 aromatic carbocycles. The molecule has 0 saturated heterocycles. The van der Waals surface area contributed by atoms with Crippen molar-refractivity contribution in [3.8, 4) is 0 Å². The van der Waals surface area contributed by atoms with Gasteiger partial charge in [-0.3, -0.25) is 0 Å². The first-order valence-electron chi connectivity index (χ1n) is 9.14. The summed E-state index contributed by atoms with van der Waals surface area (Å²) in [5, 5.41) is 0. The highest BCUT2D eigenvalue weighted by Gasteiger charge is 2.10. The summed E-state index contributed by atoms with van der Waals surface area (Å²) in [6.07, 6.45) is 16.7. The van der Waals surface area contributed by atoms with Crippen LogP contribution in [0.3, 0.4) is 0 Å². The molecule has 0 aliphatic carbocycles. The van der Waals surface area contributed by atoms with Crippen LogP contribution in [-0.2, 0) is 8.85 Å². The molecule has 1 radical (unpaired) electrons. The van der Waals surface area contributed by atoms with Crippen molar-refractivity contribution in [1.82, 2.24) is 0 Å². The zero-order chi connectivity index (χ0) is 15.6. The van der Waals surface area contributed by atoms with E-state index in [9.17, 15) is 0 Å². The van der Waals surface area contributed by atoms with Crippen LogP contribution in [0.1, 0.15) is 91.4 Å². The highest BCUT2D eigenvalue weighted by atomic mass is 28.3. The summed E-state index contributed by atoms with van der Waals surface area (Å²) in [5.74, 6) is 0. The van der Waals surface area contributed by atoms with Gasteiger partial charge in [0.25, 0.3) is 0 Å². The maximum atomic E-state index is 5.77. The molecule has 0 N–H and O–H groups in total. The van der Waals surface area contributed by atoms with Gasteiger partial charge in [-0.25, -0.2) is 0 Å². The molecule has 0 bridgehead atoms. The summed E-state index contributed by atoms with van der Waals surface area (Å²) in [5.41, 5.74) is 2.19. The lowest BCUT2D eigenvalue weighted by atomic mass is 10.1. The summed E-state index contributed by atoms with van der Waals surface area (Å²) in [4.78, 5) is 0. The van der Waals surface area contributed by atoms with Crippen molar-refractivity contribution >= 4 is 9.28 Å². The second-order valence-corrected chi connectivity index (χ2v) is 7.23. The van der Waals surface area contributed by atoms with Gasteiger partial charge in [0.15, 0.2) is 0 Å². The molecule has 0 unspecified atom stereocenters. The van der Waals surface area contributed by atoms with E-state index >= 15 is 0 Å². The van der Waals surface area contributed by atoms with E-state index in [4.69, 9.17) is 8.85 Å². The summed E-state index contributed by atoms with van der Waals surface area (Å²) in [6.45, 7) is 8.20. The van der Waals surface area contributed by atoms with Gasteiger partial charge in [0.2, 0.25) is 0 Å². The van der Waals surface area contributed by atoms with E-state index in [1.54, 1.807) is 0 Å². The molecule has 0 fully saturated rings. The summed E-state index contributed by atoms with van der Waals surface area (Å²) in [6, 6.07) is 0. The average molecular weight is 314 g/mol. The van der Waals surface area contributed by atoms with E-state index in [1.165, 1.54) is 57.8 Å². The third-order valence-corrected chi connectivity index (χ3v) is 4.86. The summed E-state index contributed by atoms with van der Waals surface area (Å²) in [7, 11) is -1.16. The Kier molecular flexibility index (Phi) is 17.8. The van der Waals surface area contributed by atoms with Crippen molar-refractivity contribution in [3.05, 3.63) is 11.8 Å². The molecule has 0 rings (SSSR count). The summed E-state index contributed by atoms with van der Waals surface area (Å²) >= 11 is 0. The maximum absolute atomic E-state index is 5.77. The third kappa shape index (κ3) is 16.1. The van der Waals surface area contributed by atoms with Crippen LogP contribution in [0.25, 0.3) is 0 Å². The van der Waals surface area contributed by atoms with E-state index in [1.807, 2.05) is 0 Å². The van der Waals surface area contributed by atoms with E-state index < -0.39 is 9.28 Å². The Bertz CT molecular complexity index is 211. The summed E-state index contributed by atoms with van der Waals surface area (Å²) < 4.78 is 11.5. The average Bonchev–Trinajstić information content (AvgIpc) is 2.51. The molecule has 0 aromatic rings. The first kappa shape index (κ1) is 20.9. The van der Waals surface area contributed by atoms with Crippen LogP contribution in [0.4, 0.5) is 0 Å². The predicted molar refractivity (Wildman–Crippen MR) is 94.6 cm³/mol. The van der Waals surface area contributed by atoms with Crippen molar-refractivity contribution in [1.29, 1.82) is 0 Å². The van der Waals surface area contributed by atoms with Gasteiger partial charge >= 0.3 is 9.28 Å². The third-order valence-electron chi connectivity index (χ3n) is 3.38. The number of rotatable bonds is 16. The van der Waals surface area contributed by atoms with Gasteiger partial charge in [-0.15, -0.1) is 0 Å². The highest BCUT2D eigenvalue weighted by Crippen LogP contribution is 2.10. The first-order valence-corrected chi connectivity index (χ1v) is 10.5. The molecular weight excluding hydrogens is 276 g/mol. The van der Waals surface area contributed by atoms with Gasteiger partial charge in [-0.1, -0.05) is 71.8 Å². The lowest BCUT2D eigenvalue weighted by Gasteiger charge is -2.10. The number of allylic oxidation sites excluding steroid dienone is 1. The topological polar surface area (TPSA) is 18.5 Å². The zero-order valence-electron chi connectivity index (χ0n) is 14.7. The molecule has 3 heteroatoms. The standard InChI is InChI=1S/C18H37O2Si/c1-4-7-8-9-10-11-12-13-14-15-18-21(19-16-5-2)20-17-6-3/h15,18H,4-14,16-17H2,1-3H3. The molecule has 0 aliphatic heterocycles. The fourth-order valence-electron chi connectivity index (χ4n) is 2.12. The predicted octanol–water partition coefficient (Wildman–Crippen LogP) is 5.95. The second-order valence-electron chi connectivity index (χ2n) is 5.68. The van der Waals surface area contributed by atoms with Crippen LogP contribution >= 0.6 is 0 Å². The van der Waals surface area contributed by atoms with Gasteiger partial charge in [0.05, 0.1) is 0 Å². The Labute approximate surface area is 135 Å². The van der Waals surface area contributed by atoms with Crippen LogP contribution in [0.5, 0.6) is 0 Å². The van der Waals surface area contributed by atoms with E-state index in [2.05, 4.69) is 32.5 Å². The van der Waals surface area contributed by atoms with Gasteiger partial charge in [-0.05, 0) is 31.4 Å². The zero-order valence-corrected chi connectivity index (χ0v) is 15.7. The molecule has 0 atom stereocenters. The van der Waals surface area contributed by atoms with Crippen molar-refractivity contribution in [2.45, 2.75) is 91.4 Å². The SMILES string of the molecule is CCCCCCCCCCC=C[Si](OCCC)OCCC. The Morgan fingerprint density at radius 1 is 0.667 bits per heavy atom. The monoisotopic (exact) mass is 313 g/mol. The molecule has 0 amide bonds. The molecular formula is C18H37O2Si. The van der Waals surface area contributed by atoms with Gasteiger partial charge in [0.1, 0.15) is 0 Å². The minimum atomic E-state index is -1.16. The van der Waals surface area contributed by atoms with Crippen LogP contribution in [0.15, 0.2) is 11.8 Å². The lowest BCUT2D eigenvalue weighted by molar-refractivity contribution is 0.206. The van der Waals surface area contributed by atoms with Gasteiger partial charge in [-0.2, -0.15) is 0 Å². The number of hydrogen-bond acceptors (Lipinski definition) is 2. The lowest BCUT2D eigenvalue weighted by Crippen LogP contribution is -2.21. The van der Waals surface area contributed by atoms with Crippen molar-refractivity contribution in [2.24, 2.45) is 0 Å². The molecule has 0 aliphatic rings. The van der Waals surface area contributed by atoms with E-state index in [0.717, 1.165) is 26.1 Å². The van der Waals surface area contributed by atoms with Crippen LogP contribution < -0.4 is 0 Å². The minimum absolute atomic E-state index is 0.820. The maximum Gasteiger partial charge on any atom is 0.415 e.